The van der Waals surface area contributed by atoms with E-state index in [0.717, 1.165) is 0 Å². The molecule has 0 aromatic heterocycles. The number of hydrogen-bond donors (Lipinski definition) is 1. The number of aliphatic hydroxyl groups excluding tert-OH is 1. The van der Waals surface area contributed by atoms with Gasteiger partial charge in [-0.25, -0.2) is 4.79 Å². The van der Waals surface area contributed by atoms with Crippen LogP contribution in [-0.4, -0.2) is 55.3 Å². The monoisotopic (exact) mass is 319 g/mol. The largest absolute Gasteiger partial charge is 0.496 e. The van der Waals surface area contributed by atoms with E-state index in [-0.39, 0.29) is 12.0 Å². The normalized spacial score (nSPS) is 15.7. The minimum absolute atomic E-state index is 0.104. The predicted molar refractivity (Wildman–Crippen MR) is 85.2 cm³/mol. The summed E-state index contributed by atoms with van der Waals surface area (Å²) in [6.45, 7) is 1.11. The maximum Gasteiger partial charge on any atom is 0.341 e. The molecule has 1 aromatic rings. The lowest BCUT2D eigenvalue weighted by atomic mass is 10.1. The van der Waals surface area contributed by atoms with Crippen molar-refractivity contribution >= 4 is 18.0 Å². The number of ether oxygens (including phenoxy) is 2. The van der Waals surface area contributed by atoms with Crippen molar-refractivity contribution in [3.05, 3.63) is 35.4 Å². The van der Waals surface area contributed by atoms with Crippen LogP contribution in [0.4, 0.5) is 0 Å². The molecule has 0 bridgehead atoms. The maximum atomic E-state index is 12.1. The maximum absolute atomic E-state index is 12.1. The molecule has 1 heterocycles. The summed E-state index contributed by atoms with van der Waals surface area (Å²) in [4.78, 5) is 25.6. The standard InChI is InChI=1S/C17H21NO5/c1-22-15-5-3-12(11-14(15)17(21)23-2)4-6-16(20)18-9-7-13(19)8-10-18/h3-6,11,13,19H,7-10H2,1-2H3/b6-4+. The number of aliphatic hydroxyl groups is 1. The highest BCUT2D eigenvalue weighted by Gasteiger charge is 2.19. The number of benzene rings is 1. The molecule has 1 saturated heterocycles. The molecule has 0 atom stereocenters. The summed E-state index contributed by atoms with van der Waals surface area (Å²) in [6, 6.07) is 5.04. The van der Waals surface area contributed by atoms with Crippen LogP contribution in [0.3, 0.4) is 0 Å². The molecule has 6 heteroatoms. The third kappa shape index (κ3) is 4.32. The number of amides is 1. The first kappa shape index (κ1) is 17.0. The molecule has 1 aliphatic heterocycles. The second-order valence-corrected chi connectivity index (χ2v) is 5.34. The van der Waals surface area contributed by atoms with Crippen LogP contribution in [0, 0.1) is 0 Å². The van der Waals surface area contributed by atoms with Crippen LogP contribution in [0.2, 0.25) is 0 Å². The molecular weight excluding hydrogens is 298 g/mol. The molecular formula is C17H21NO5. The van der Waals surface area contributed by atoms with Crippen LogP contribution in [0.5, 0.6) is 5.75 Å². The van der Waals surface area contributed by atoms with Gasteiger partial charge in [0.2, 0.25) is 5.91 Å². The van der Waals surface area contributed by atoms with Crippen LogP contribution in [0.15, 0.2) is 24.3 Å². The Hall–Kier alpha value is -2.34. The Labute approximate surface area is 135 Å². The van der Waals surface area contributed by atoms with E-state index in [1.54, 1.807) is 29.2 Å². The Morgan fingerprint density at radius 1 is 1.26 bits per heavy atom. The SMILES string of the molecule is COC(=O)c1cc(/C=C/C(=O)N2CCC(O)CC2)ccc1OC. The first-order chi connectivity index (χ1) is 11.0. The van der Waals surface area contributed by atoms with Gasteiger partial charge in [-0.05, 0) is 36.6 Å². The van der Waals surface area contributed by atoms with Crippen molar-refractivity contribution in [2.24, 2.45) is 0 Å². The Kier molecular flexibility index (Phi) is 5.76. The fourth-order valence-electron chi connectivity index (χ4n) is 2.46. The van der Waals surface area contributed by atoms with Crippen LogP contribution in [-0.2, 0) is 9.53 Å². The Morgan fingerprint density at radius 3 is 2.57 bits per heavy atom. The molecule has 0 radical (unpaired) electrons. The average molecular weight is 319 g/mol. The molecule has 1 N–H and O–H groups in total. The number of likely N-dealkylation sites (tertiary alicyclic amines) is 1. The molecule has 1 amide bonds. The van der Waals surface area contributed by atoms with Gasteiger partial charge in [0.05, 0.1) is 20.3 Å². The second-order valence-electron chi connectivity index (χ2n) is 5.34. The molecule has 0 spiro atoms. The van der Waals surface area contributed by atoms with Crippen molar-refractivity contribution in [1.29, 1.82) is 0 Å². The van der Waals surface area contributed by atoms with E-state index in [9.17, 15) is 14.7 Å². The van der Waals surface area contributed by atoms with Crippen molar-refractivity contribution in [2.75, 3.05) is 27.3 Å². The number of esters is 1. The van der Waals surface area contributed by atoms with Crippen molar-refractivity contribution < 1.29 is 24.2 Å². The smallest absolute Gasteiger partial charge is 0.341 e. The van der Waals surface area contributed by atoms with Crippen molar-refractivity contribution in [2.45, 2.75) is 18.9 Å². The minimum atomic E-state index is -0.492. The summed E-state index contributed by atoms with van der Waals surface area (Å²) in [5, 5.41) is 9.46. The van der Waals surface area contributed by atoms with Crippen LogP contribution < -0.4 is 4.74 Å². The number of carbonyl (C=O) groups is 2. The first-order valence-corrected chi connectivity index (χ1v) is 7.46. The molecule has 1 aromatic carbocycles. The summed E-state index contributed by atoms with van der Waals surface area (Å²) in [6.07, 6.45) is 4.02. The van der Waals surface area contributed by atoms with Crippen molar-refractivity contribution in [1.82, 2.24) is 4.90 Å². The van der Waals surface area contributed by atoms with Gasteiger partial charge in [0.1, 0.15) is 11.3 Å². The van der Waals surface area contributed by atoms with E-state index in [1.165, 1.54) is 20.3 Å². The summed E-state index contributed by atoms with van der Waals surface area (Å²) < 4.78 is 9.85. The quantitative estimate of drug-likeness (QED) is 0.672. The molecule has 23 heavy (non-hydrogen) atoms. The van der Waals surface area contributed by atoms with E-state index in [4.69, 9.17) is 9.47 Å². The van der Waals surface area contributed by atoms with E-state index < -0.39 is 5.97 Å². The zero-order valence-electron chi connectivity index (χ0n) is 13.3. The highest BCUT2D eigenvalue weighted by atomic mass is 16.5. The average Bonchev–Trinajstić information content (AvgIpc) is 2.59. The van der Waals surface area contributed by atoms with E-state index in [1.807, 2.05) is 0 Å². The van der Waals surface area contributed by atoms with Crippen molar-refractivity contribution in [3.8, 4) is 5.75 Å². The molecule has 0 aliphatic carbocycles. The summed E-state index contributed by atoms with van der Waals surface area (Å²) in [7, 11) is 2.78. The van der Waals surface area contributed by atoms with E-state index in [0.29, 0.717) is 42.8 Å². The lowest BCUT2D eigenvalue weighted by Crippen LogP contribution is -2.39. The molecule has 2 rings (SSSR count). The lowest BCUT2D eigenvalue weighted by molar-refractivity contribution is -0.127. The predicted octanol–water partition coefficient (Wildman–Crippen LogP) is 1.48. The zero-order chi connectivity index (χ0) is 16.8. The van der Waals surface area contributed by atoms with Crippen molar-refractivity contribution in [3.63, 3.8) is 0 Å². The summed E-state index contributed by atoms with van der Waals surface area (Å²) >= 11 is 0. The van der Waals surface area contributed by atoms with Gasteiger partial charge < -0.3 is 19.5 Å². The molecule has 1 aliphatic rings. The molecule has 0 saturated carbocycles. The number of rotatable bonds is 4. The minimum Gasteiger partial charge on any atom is -0.496 e. The van der Waals surface area contributed by atoms with Crippen LogP contribution in [0.25, 0.3) is 6.08 Å². The van der Waals surface area contributed by atoms with Gasteiger partial charge in [-0.1, -0.05) is 6.07 Å². The number of hydrogen-bond acceptors (Lipinski definition) is 5. The summed E-state index contributed by atoms with van der Waals surface area (Å²) in [5.74, 6) is -0.175. The van der Waals surface area contributed by atoms with Gasteiger partial charge in [0, 0.05) is 19.2 Å². The van der Waals surface area contributed by atoms with E-state index in [2.05, 4.69) is 0 Å². The lowest BCUT2D eigenvalue weighted by Gasteiger charge is -2.28. The molecule has 0 unspecified atom stereocenters. The summed E-state index contributed by atoms with van der Waals surface area (Å²) in [5.41, 5.74) is 1.02. The van der Waals surface area contributed by atoms with Gasteiger partial charge in [0.15, 0.2) is 0 Å². The fraction of sp³-hybridized carbons (Fsp3) is 0.412. The fourth-order valence-corrected chi connectivity index (χ4v) is 2.46. The molecule has 124 valence electrons. The van der Waals surface area contributed by atoms with Crippen LogP contribution in [0.1, 0.15) is 28.8 Å². The van der Waals surface area contributed by atoms with Gasteiger partial charge in [-0.15, -0.1) is 0 Å². The highest BCUT2D eigenvalue weighted by molar-refractivity contribution is 5.95. The second kappa shape index (κ2) is 7.78. The number of carbonyl (C=O) groups excluding carboxylic acids is 2. The third-order valence-corrected chi connectivity index (χ3v) is 3.82. The van der Waals surface area contributed by atoms with E-state index >= 15 is 0 Å². The first-order valence-electron chi connectivity index (χ1n) is 7.46. The van der Waals surface area contributed by atoms with Gasteiger partial charge in [-0.3, -0.25) is 4.79 Å². The van der Waals surface area contributed by atoms with Gasteiger partial charge in [-0.2, -0.15) is 0 Å². The zero-order valence-corrected chi connectivity index (χ0v) is 13.3. The van der Waals surface area contributed by atoms with Crippen LogP contribution >= 0.6 is 0 Å². The highest BCUT2D eigenvalue weighted by Crippen LogP contribution is 2.21. The number of piperidine rings is 1. The van der Waals surface area contributed by atoms with Gasteiger partial charge in [0.25, 0.3) is 0 Å². The topological polar surface area (TPSA) is 76.1 Å². The number of nitrogens with zero attached hydrogens (tertiary/aromatic N) is 1. The third-order valence-electron chi connectivity index (χ3n) is 3.82. The van der Waals surface area contributed by atoms with Gasteiger partial charge >= 0.3 is 5.97 Å². The molecule has 1 fully saturated rings. The Bertz CT molecular complexity index is 603. The Morgan fingerprint density at radius 2 is 1.96 bits per heavy atom. The number of methoxy groups -OCH3 is 2. The Balaban J connectivity index is 2.10. The molecule has 6 nitrogen and oxygen atoms in total.